The van der Waals surface area contributed by atoms with Gasteiger partial charge in [0.05, 0.1) is 12.2 Å². The molecule has 0 radical (unpaired) electrons. The van der Waals surface area contributed by atoms with Crippen molar-refractivity contribution in [2.45, 2.75) is 19.9 Å². The van der Waals surface area contributed by atoms with E-state index in [1.54, 1.807) is 12.3 Å². The highest BCUT2D eigenvalue weighted by Gasteiger charge is 2.09. The van der Waals surface area contributed by atoms with Crippen LogP contribution in [0.25, 0.3) is 0 Å². The molecule has 94 valence electrons. The smallest absolute Gasteiger partial charge is 0.186 e. The lowest BCUT2D eigenvalue weighted by Crippen LogP contribution is -2.09. The zero-order chi connectivity index (χ0) is 13.0. The number of aryl methyl sites for hydroxylation is 1. The minimum Gasteiger partial charge on any atom is -0.384 e. The maximum atomic E-state index is 13.8. The minimum absolute atomic E-state index is 0.146. The Kier molecular flexibility index (Phi) is 3.61. The summed E-state index contributed by atoms with van der Waals surface area (Å²) in [4.78, 5) is 15.7. The van der Waals surface area contributed by atoms with E-state index in [1.165, 1.54) is 6.33 Å². The molecule has 0 aromatic carbocycles. The Morgan fingerprint density at radius 2 is 2.17 bits per heavy atom. The number of nitrogens with zero attached hydrogens (tertiary/aromatic N) is 4. The fraction of sp³-hybridized carbons (Fsp3) is 0.273. The van der Waals surface area contributed by atoms with Gasteiger partial charge in [-0.15, -0.1) is 0 Å². The van der Waals surface area contributed by atoms with Crippen LogP contribution in [0.5, 0.6) is 0 Å². The second-order valence-corrected chi connectivity index (χ2v) is 3.59. The summed E-state index contributed by atoms with van der Waals surface area (Å²) < 4.78 is 13.8. The molecule has 7 heteroatoms. The van der Waals surface area contributed by atoms with E-state index in [9.17, 15) is 4.39 Å². The predicted molar refractivity (Wildman–Crippen MR) is 65.1 cm³/mol. The first-order chi connectivity index (χ1) is 8.70. The summed E-state index contributed by atoms with van der Waals surface area (Å²) in [6.45, 7) is 2.08. The molecule has 2 aromatic heterocycles. The molecular weight excluding hydrogens is 235 g/mol. The Bertz CT molecular complexity index is 545. The first kappa shape index (κ1) is 12.2. The molecule has 0 bridgehead atoms. The van der Waals surface area contributed by atoms with Crippen LogP contribution >= 0.6 is 0 Å². The first-order valence-electron chi connectivity index (χ1n) is 5.51. The van der Waals surface area contributed by atoms with Gasteiger partial charge in [-0.3, -0.25) is 0 Å². The molecule has 0 amide bonds. The van der Waals surface area contributed by atoms with E-state index in [0.29, 0.717) is 23.8 Å². The van der Waals surface area contributed by atoms with Crippen LogP contribution in [0.3, 0.4) is 0 Å². The summed E-state index contributed by atoms with van der Waals surface area (Å²) >= 11 is 0. The van der Waals surface area contributed by atoms with Crippen molar-refractivity contribution >= 4 is 11.6 Å². The van der Waals surface area contributed by atoms with E-state index in [2.05, 4.69) is 25.3 Å². The Morgan fingerprint density at radius 1 is 1.33 bits per heavy atom. The Labute approximate surface area is 104 Å². The van der Waals surface area contributed by atoms with E-state index in [4.69, 9.17) is 5.73 Å². The van der Waals surface area contributed by atoms with Gasteiger partial charge >= 0.3 is 0 Å². The number of aromatic nitrogens is 4. The molecule has 0 fully saturated rings. The molecule has 0 spiro atoms. The summed E-state index contributed by atoms with van der Waals surface area (Å²) in [5, 5.41) is 2.82. The molecule has 0 unspecified atom stereocenters. The van der Waals surface area contributed by atoms with Gasteiger partial charge < -0.3 is 11.1 Å². The van der Waals surface area contributed by atoms with Crippen LogP contribution in [0.15, 0.2) is 18.6 Å². The number of nitrogens with one attached hydrogen (secondary N) is 1. The molecule has 2 heterocycles. The summed E-state index contributed by atoms with van der Waals surface area (Å²) in [6, 6.07) is 1.59. The highest BCUT2D eigenvalue weighted by Crippen LogP contribution is 2.13. The number of hydrogen-bond donors (Lipinski definition) is 2. The molecule has 2 aromatic rings. The van der Waals surface area contributed by atoms with Crippen LogP contribution in [0, 0.1) is 5.82 Å². The standard InChI is InChI=1S/C11H13FN6/c1-2-7-10(12)11(17-6-16-7)15-5-9-14-4-3-8(13)18-9/h3-4,6H,2,5H2,1H3,(H2,13,14,18)(H,15,16,17). The fourth-order valence-electron chi connectivity index (χ4n) is 1.44. The number of hydrogen-bond acceptors (Lipinski definition) is 6. The largest absolute Gasteiger partial charge is 0.384 e. The van der Waals surface area contributed by atoms with E-state index in [1.807, 2.05) is 6.92 Å². The van der Waals surface area contributed by atoms with Gasteiger partial charge in [-0.25, -0.2) is 24.3 Å². The Balaban J connectivity index is 2.11. The number of rotatable bonds is 4. The van der Waals surface area contributed by atoms with E-state index in [0.717, 1.165) is 0 Å². The lowest BCUT2D eigenvalue weighted by atomic mass is 10.3. The minimum atomic E-state index is -0.441. The third-order valence-corrected chi connectivity index (χ3v) is 2.34. The van der Waals surface area contributed by atoms with Crippen molar-refractivity contribution in [1.82, 2.24) is 19.9 Å². The maximum Gasteiger partial charge on any atom is 0.186 e. The molecule has 0 aliphatic carbocycles. The maximum absolute atomic E-state index is 13.8. The van der Waals surface area contributed by atoms with Crippen molar-refractivity contribution < 1.29 is 4.39 Å². The predicted octanol–water partition coefficient (Wildman–Crippen LogP) is 1.16. The van der Waals surface area contributed by atoms with Crippen LogP contribution < -0.4 is 11.1 Å². The second kappa shape index (κ2) is 5.35. The Hall–Kier alpha value is -2.31. The van der Waals surface area contributed by atoms with Crippen LogP contribution in [-0.2, 0) is 13.0 Å². The van der Waals surface area contributed by atoms with Crippen molar-refractivity contribution in [3.05, 3.63) is 35.9 Å². The number of halogens is 1. The van der Waals surface area contributed by atoms with Crippen LogP contribution in [0.2, 0.25) is 0 Å². The van der Waals surface area contributed by atoms with Crippen molar-refractivity contribution in [2.24, 2.45) is 0 Å². The molecule has 0 atom stereocenters. The monoisotopic (exact) mass is 248 g/mol. The van der Waals surface area contributed by atoms with Gasteiger partial charge in [0.1, 0.15) is 18.0 Å². The van der Waals surface area contributed by atoms with E-state index in [-0.39, 0.29) is 12.4 Å². The van der Waals surface area contributed by atoms with Crippen molar-refractivity contribution in [2.75, 3.05) is 11.1 Å². The molecule has 0 saturated carbocycles. The van der Waals surface area contributed by atoms with Crippen molar-refractivity contribution in [3.63, 3.8) is 0 Å². The summed E-state index contributed by atoms with van der Waals surface area (Å²) in [5.74, 6) is 0.557. The number of anilines is 2. The van der Waals surface area contributed by atoms with Gasteiger partial charge in [-0.2, -0.15) is 0 Å². The number of nitrogen functional groups attached to an aromatic ring is 1. The fourth-order valence-corrected chi connectivity index (χ4v) is 1.44. The molecule has 18 heavy (non-hydrogen) atoms. The van der Waals surface area contributed by atoms with Crippen molar-refractivity contribution in [1.29, 1.82) is 0 Å². The third-order valence-electron chi connectivity index (χ3n) is 2.34. The highest BCUT2D eigenvalue weighted by molar-refractivity contribution is 5.37. The topological polar surface area (TPSA) is 89.6 Å². The normalized spacial score (nSPS) is 10.3. The summed E-state index contributed by atoms with van der Waals surface area (Å²) in [6.07, 6.45) is 3.38. The van der Waals surface area contributed by atoms with Gasteiger partial charge in [-0.05, 0) is 12.5 Å². The zero-order valence-electron chi connectivity index (χ0n) is 9.89. The second-order valence-electron chi connectivity index (χ2n) is 3.59. The van der Waals surface area contributed by atoms with Crippen molar-refractivity contribution in [3.8, 4) is 0 Å². The van der Waals surface area contributed by atoms with Crippen LogP contribution in [0.4, 0.5) is 16.0 Å². The van der Waals surface area contributed by atoms with E-state index < -0.39 is 5.82 Å². The lowest BCUT2D eigenvalue weighted by Gasteiger charge is -2.07. The molecule has 6 nitrogen and oxygen atoms in total. The van der Waals surface area contributed by atoms with Gasteiger partial charge in [0.2, 0.25) is 0 Å². The SMILES string of the molecule is CCc1ncnc(NCc2nccc(N)n2)c1F. The van der Waals surface area contributed by atoms with Gasteiger partial charge in [0, 0.05) is 6.20 Å². The molecule has 0 aliphatic rings. The van der Waals surface area contributed by atoms with Gasteiger partial charge in [0.25, 0.3) is 0 Å². The summed E-state index contributed by atoms with van der Waals surface area (Å²) in [5.41, 5.74) is 5.90. The zero-order valence-corrected chi connectivity index (χ0v) is 9.89. The third kappa shape index (κ3) is 2.68. The number of nitrogens with two attached hydrogens (primary N) is 1. The van der Waals surface area contributed by atoms with Crippen LogP contribution in [-0.4, -0.2) is 19.9 Å². The van der Waals surface area contributed by atoms with Crippen LogP contribution in [0.1, 0.15) is 18.4 Å². The molecule has 3 N–H and O–H groups in total. The average molecular weight is 248 g/mol. The molecular formula is C11H13FN6. The molecule has 2 rings (SSSR count). The lowest BCUT2D eigenvalue weighted by molar-refractivity contribution is 0.596. The van der Waals surface area contributed by atoms with E-state index >= 15 is 0 Å². The average Bonchev–Trinajstić information content (AvgIpc) is 2.38. The molecule has 0 saturated heterocycles. The molecule has 0 aliphatic heterocycles. The van der Waals surface area contributed by atoms with Gasteiger partial charge in [-0.1, -0.05) is 6.92 Å². The Morgan fingerprint density at radius 3 is 2.89 bits per heavy atom. The quantitative estimate of drug-likeness (QED) is 0.844. The summed E-state index contributed by atoms with van der Waals surface area (Å²) in [7, 11) is 0. The van der Waals surface area contributed by atoms with Gasteiger partial charge in [0.15, 0.2) is 11.6 Å². The highest BCUT2D eigenvalue weighted by atomic mass is 19.1. The first-order valence-corrected chi connectivity index (χ1v) is 5.51.